The maximum Gasteiger partial charge on any atom is 0.357 e. The van der Waals surface area contributed by atoms with Crippen molar-refractivity contribution in [1.82, 2.24) is 19.6 Å². The van der Waals surface area contributed by atoms with Crippen molar-refractivity contribution < 1.29 is 14.7 Å². The summed E-state index contributed by atoms with van der Waals surface area (Å²) in [6.07, 6.45) is 3.11. The normalized spacial score (nSPS) is 10.6. The van der Waals surface area contributed by atoms with E-state index < -0.39 is 11.9 Å². The molecule has 0 fully saturated rings. The number of aromatic nitrogens is 4. The molecular formula is C17H17N5O3. The minimum Gasteiger partial charge on any atom is -0.476 e. The molecule has 1 amide bonds. The van der Waals surface area contributed by atoms with Gasteiger partial charge in [0.05, 0.1) is 12.1 Å². The Labute approximate surface area is 143 Å². The van der Waals surface area contributed by atoms with Crippen molar-refractivity contribution in [3.63, 3.8) is 0 Å². The van der Waals surface area contributed by atoms with Crippen molar-refractivity contribution in [2.75, 3.05) is 5.32 Å². The van der Waals surface area contributed by atoms with Crippen molar-refractivity contribution >= 4 is 17.7 Å². The molecule has 3 rings (SSSR count). The molecular weight excluding hydrogens is 322 g/mol. The summed E-state index contributed by atoms with van der Waals surface area (Å²) < 4.78 is 2.98. The van der Waals surface area contributed by atoms with Crippen molar-refractivity contribution in [3.05, 3.63) is 65.1 Å². The lowest BCUT2D eigenvalue weighted by Gasteiger charge is -2.03. The summed E-state index contributed by atoms with van der Waals surface area (Å²) in [7, 11) is 1.56. The van der Waals surface area contributed by atoms with E-state index in [1.54, 1.807) is 24.0 Å². The monoisotopic (exact) mass is 339 g/mol. The van der Waals surface area contributed by atoms with E-state index >= 15 is 0 Å². The quantitative estimate of drug-likeness (QED) is 0.739. The van der Waals surface area contributed by atoms with Crippen molar-refractivity contribution in [3.8, 4) is 0 Å². The summed E-state index contributed by atoms with van der Waals surface area (Å²) >= 11 is 0. The third-order valence-corrected chi connectivity index (χ3v) is 3.62. The zero-order chi connectivity index (χ0) is 18.0. The predicted molar refractivity (Wildman–Crippen MR) is 90.6 cm³/mol. The molecule has 8 heteroatoms. The van der Waals surface area contributed by atoms with Crippen LogP contribution in [0, 0.1) is 6.92 Å². The van der Waals surface area contributed by atoms with E-state index in [-0.39, 0.29) is 11.3 Å². The van der Waals surface area contributed by atoms with Gasteiger partial charge >= 0.3 is 5.97 Å². The van der Waals surface area contributed by atoms with Gasteiger partial charge in [0, 0.05) is 25.5 Å². The maximum atomic E-state index is 12.3. The Balaban J connectivity index is 1.72. The number of aromatic carboxylic acids is 1. The first kappa shape index (κ1) is 16.4. The zero-order valence-corrected chi connectivity index (χ0v) is 13.8. The Kier molecular flexibility index (Phi) is 4.34. The van der Waals surface area contributed by atoms with Gasteiger partial charge in [0.15, 0.2) is 11.5 Å². The van der Waals surface area contributed by atoms with Gasteiger partial charge in [0.25, 0.3) is 5.91 Å². The number of amides is 1. The number of nitrogens with zero attached hydrogens (tertiary/aromatic N) is 4. The minimum absolute atomic E-state index is 0.0110. The smallest absolute Gasteiger partial charge is 0.357 e. The molecule has 2 heterocycles. The first-order valence-electron chi connectivity index (χ1n) is 7.59. The second kappa shape index (κ2) is 6.60. The van der Waals surface area contributed by atoms with Crippen LogP contribution in [0.2, 0.25) is 0 Å². The zero-order valence-electron chi connectivity index (χ0n) is 13.8. The van der Waals surface area contributed by atoms with Crippen LogP contribution in [0.3, 0.4) is 0 Å². The number of benzene rings is 1. The second-order valence-corrected chi connectivity index (χ2v) is 5.71. The number of carboxylic acid groups (broad SMARTS) is 1. The van der Waals surface area contributed by atoms with Gasteiger partial charge in [-0.3, -0.25) is 14.2 Å². The van der Waals surface area contributed by atoms with Crippen LogP contribution in [-0.2, 0) is 13.6 Å². The Hall–Kier alpha value is -3.42. The Morgan fingerprint density at radius 2 is 1.88 bits per heavy atom. The van der Waals surface area contributed by atoms with E-state index in [9.17, 15) is 9.59 Å². The molecule has 0 saturated heterocycles. The summed E-state index contributed by atoms with van der Waals surface area (Å²) in [6, 6.07) is 9.74. The van der Waals surface area contributed by atoms with E-state index in [2.05, 4.69) is 15.5 Å². The molecule has 0 saturated carbocycles. The lowest BCUT2D eigenvalue weighted by atomic mass is 10.1. The number of carboxylic acids is 1. The summed E-state index contributed by atoms with van der Waals surface area (Å²) in [6.45, 7) is 2.60. The van der Waals surface area contributed by atoms with E-state index in [0.29, 0.717) is 12.4 Å². The third-order valence-electron chi connectivity index (χ3n) is 3.62. The van der Waals surface area contributed by atoms with Gasteiger partial charge in [-0.15, -0.1) is 0 Å². The van der Waals surface area contributed by atoms with Gasteiger partial charge < -0.3 is 10.4 Å². The molecule has 0 aliphatic heterocycles. The average molecular weight is 339 g/mol. The molecule has 0 unspecified atom stereocenters. The fraction of sp³-hybridized carbons (Fsp3) is 0.176. The first-order valence-corrected chi connectivity index (χ1v) is 7.59. The number of carbonyl (C=O) groups is 2. The maximum absolute atomic E-state index is 12.3. The van der Waals surface area contributed by atoms with Gasteiger partial charge in [-0.05, 0) is 12.5 Å². The van der Waals surface area contributed by atoms with Crippen LogP contribution >= 0.6 is 0 Å². The van der Waals surface area contributed by atoms with Gasteiger partial charge in [-0.1, -0.05) is 29.8 Å². The Bertz CT molecular complexity index is 924. The number of carbonyl (C=O) groups excluding carboxylic acids is 1. The van der Waals surface area contributed by atoms with E-state index in [1.807, 2.05) is 31.2 Å². The summed E-state index contributed by atoms with van der Waals surface area (Å²) in [4.78, 5) is 23.4. The predicted octanol–water partition coefficient (Wildman–Crippen LogP) is 1.92. The standard InChI is InChI=1S/C17H17N5O3/c1-11-3-5-12(6-4-11)9-22-8-7-14(19-22)18-16(23)13-10-21(2)20-15(13)17(24)25/h3-8,10H,9H2,1-2H3,(H,24,25)(H,18,19,23). The molecule has 25 heavy (non-hydrogen) atoms. The molecule has 3 aromatic rings. The van der Waals surface area contributed by atoms with Gasteiger partial charge in [-0.2, -0.15) is 10.2 Å². The van der Waals surface area contributed by atoms with E-state index in [0.717, 1.165) is 5.56 Å². The van der Waals surface area contributed by atoms with E-state index in [4.69, 9.17) is 5.11 Å². The largest absolute Gasteiger partial charge is 0.476 e. The molecule has 0 aliphatic rings. The van der Waals surface area contributed by atoms with Crippen molar-refractivity contribution in [2.24, 2.45) is 7.05 Å². The molecule has 0 atom stereocenters. The lowest BCUT2D eigenvalue weighted by molar-refractivity contribution is 0.0685. The average Bonchev–Trinajstić information content (AvgIpc) is 3.16. The fourth-order valence-electron chi connectivity index (χ4n) is 2.39. The number of anilines is 1. The van der Waals surface area contributed by atoms with Crippen LogP contribution in [0.1, 0.15) is 32.0 Å². The molecule has 0 aliphatic carbocycles. The number of nitrogens with one attached hydrogen (secondary N) is 1. The van der Waals surface area contributed by atoms with Gasteiger partial charge in [0.2, 0.25) is 0 Å². The highest BCUT2D eigenvalue weighted by Gasteiger charge is 2.21. The highest BCUT2D eigenvalue weighted by molar-refractivity contribution is 6.09. The molecule has 0 radical (unpaired) electrons. The lowest BCUT2D eigenvalue weighted by Crippen LogP contribution is -2.16. The number of aryl methyl sites for hydroxylation is 2. The third kappa shape index (κ3) is 3.74. The van der Waals surface area contributed by atoms with Gasteiger partial charge in [0.1, 0.15) is 0 Å². The summed E-state index contributed by atoms with van der Waals surface area (Å²) in [5, 5.41) is 19.8. The topological polar surface area (TPSA) is 102 Å². The Morgan fingerprint density at radius 3 is 2.56 bits per heavy atom. The molecule has 0 bridgehead atoms. The van der Waals surface area contributed by atoms with Crippen LogP contribution in [-0.4, -0.2) is 36.5 Å². The van der Waals surface area contributed by atoms with Gasteiger partial charge in [-0.25, -0.2) is 4.79 Å². The number of rotatable bonds is 5. The van der Waals surface area contributed by atoms with Crippen LogP contribution < -0.4 is 5.32 Å². The van der Waals surface area contributed by atoms with Crippen molar-refractivity contribution in [1.29, 1.82) is 0 Å². The molecule has 8 nitrogen and oxygen atoms in total. The molecule has 128 valence electrons. The SMILES string of the molecule is Cc1ccc(Cn2ccc(NC(=O)c3cn(C)nc3C(=O)O)n2)cc1. The minimum atomic E-state index is -1.25. The molecule has 1 aromatic carbocycles. The molecule has 0 spiro atoms. The fourth-order valence-corrected chi connectivity index (χ4v) is 2.39. The summed E-state index contributed by atoms with van der Waals surface area (Å²) in [5.74, 6) is -1.47. The first-order chi connectivity index (χ1) is 11.9. The highest BCUT2D eigenvalue weighted by Crippen LogP contribution is 2.12. The summed E-state index contributed by atoms with van der Waals surface area (Å²) in [5.41, 5.74) is 1.97. The number of hydrogen-bond acceptors (Lipinski definition) is 4. The van der Waals surface area contributed by atoms with Crippen LogP contribution in [0.5, 0.6) is 0 Å². The number of hydrogen-bond donors (Lipinski definition) is 2. The Morgan fingerprint density at radius 1 is 1.16 bits per heavy atom. The van der Waals surface area contributed by atoms with Crippen LogP contribution in [0.4, 0.5) is 5.82 Å². The van der Waals surface area contributed by atoms with E-state index in [1.165, 1.54) is 16.4 Å². The highest BCUT2D eigenvalue weighted by atomic mass is 16.4. The van der Waals surface area contributed by atoms with Crippen LogP contribution in [0.15, 0.2) is 42.7 Å². The molecule has 2 aromatic heterocycles. The second-order valence-electron chi connectivity index (χ2n) is 5.71. The van der Waals surface area contributed by atoms with Crippen LogP contribution in [0.25, 0.3) is 0 Å². The molecule has 2 N–H and O–H groups in total. The van der Waals surface area contributed by atoms with Crippen molar-refractivity contribution in [2.45, 2.75) is 13.5 Å².